The van der Waals surface area contributed by atoms with Crippen LogP contribution in [0, 0.1) is 5.82 Å². The van der Waals surface area contributed by atoms with Crippen LogP contribution in [0.1, 0.15) is 5.82 Å². The molecular formula is C19H21FN4. The third kappa shape index (κ3) is 2.76. The summed E-state index contributed by atoms with van der Waals surface area (Å²) in [6.45, 7) is 4.33. The molecule has 4 nitrogen and oxygen atoms in total. The highest BCUT2D eigenvalue weighted by molar-refractivity contribution is 5.75. The second kappa shape index (κ2) is 6.24. The van der Waals surface area contributed by atoms with E-state index in [0.717, 1.165) is 49.6 Å². The van der Waals surface area contributed by atoms with Crippen LogP contribution in [0.25, 0.3) is 11.0 Å². The van der Waals surface area contributed by atoms with Crippen LogP contribution in [0.5, 0.6) is 0 Å². The zero-order valence-electron chi connectivity index (χ0n) is 13.8. The Labute approximate surface area is 141 Å². The number of halogens is 1. The lowest BCUT2D eigenvalue weighted by molar-refractivity contribution is 0.241. The summed E-state index contributed by atoms with van der Waals surface area (Å²) in [5, 5.41) is 0. The fourth-order valence-electron chi connectivity index (χ4n) is 3.39. The first-order valence-corrected chi connectivity index (χ1v) is 8.34. The summed E-state index contributed by atoms with van der Waals surface area (Å²) in [5.74, 6) is 0.942. The van der Waals surface area contributed by atoms with Gasteiger partial charge in [0.1, 0.15) is 11.6 Å². The number of benzene rings is 2. The fourth-order valence-corrected chi connectivity index (χ4v) is 3.39. The molecule has 1 aromatic heterocycles. The second-order valence-electron chi connectivity index (χ2n) is 6.29. The first-order valence-electron chi connectivity index (χ1n) is 8.34. The van der Waals surface area contributed by atoms with Crippen molar-refractivity contribution in [2.45, 2.75) is 6.54 Å². The topological polar surface area (TPSA) is 24.3 Å². The predicted molar refractivity (Wildman–Crippen MR) is 94.6 cm³/mol. The zero-order chi connectivity index (χ0) is 16.5. The van der Waals surface area contributed by atoms with Crippen molar-refractivity contribution in [3.05, 3.63) is 60.2 Å². The molecule has 0 unspecified atom stereocenters. The average molecular weight is 324 g/mol. The second-order valence-corrected chi connectivity index (χ2v) is 6.29. The van der Waals surface area contributed by atoms with Crippen LogP contribution in [0.3, 0.4) is 0 Å². The van der Waals surface area contributed by atoms with E-state index in [0.29, 0.717) is 5.69 Å². The van der Waals surface area contributed by atoms with E-state index in [1.807, 2.05) is 24.3 Å². The van der Waals surface area contributed by atoms with Gasteiger partial charge in [-0.1, -0.05) is 24.3 Å². The molecule has 2 aromatic carbocycles. The van der Waals surface area contributed by atoms with Crippen LogP contribution in [-0.4, -0.2) is 40.6 Å². The molecule has 1 fully saturated rings. The third-order valence-electron chi connectivity index (χ3n) is 4.81. The van der Waals surface area contributed by atoms with Crippen molar-refractivity contribution in [1.82, 2.24) is 14.5 Å². The number of aromatic nitrogens is 2. The molecule has 0 N–H and O–H groups in total. The molecule has 0 aliphatic carbocycles. The molecule has 0 atom stereocenters. The fraction of sp³-hybridized carbons (Fsp3) is 0.316. The first-order chi connectivity index (χ1) is 11.7. The standard InChI is InChI=1S/C19H21FN4/c1-22-18-9-5-3-7-16(18)21-19(22)14-23-10-12-24(13-11-23)17-8-4-2-6-15(17)20/h2-9H,10-14H2,1H3. The molecule has 2 heterocycles. The number of piperazine rings is 1. The minimum Gasteiger partial charge on any atom is -0.367 e. The maximum absolute atomic E-state index is 13.9. The Morgan fingerprint density at radius 1 is 0.958 bits per heavy atom. The molecule has 1 aliphatic rings. The number of hydrogen-bond donors (Lipinski definition) is 0. The maximum atomic E-state index is 13.9. The Balaban J connectivity index is 1.44. The van der Waals surface area contributed by atoms with Gasteiger partial charge in [0.2, 0.25) is 0 Å². The minimum absolute atomic E-state index is 0.138. The number of nitrogens with zero attached hydrogens (tertiary/aromatic N) is 4. The van der Waals surface area contributed by atoms with Gasteiger partial charge < -0.3 is 9.47 Å². The van der Waals surface area contributed by atoms with Crippen molar-refractivity contribution < 1.29 is 4.39 Å². The molecule has 124 valence electrons. The summed E-state index contributed by atoms with van der Waals surface area (Å²) in [6.07, 6.45) is 0. The number of hydrogen-bond acceptors (Lipinski definition) is 3. The van der Waals surface area contributed by atoms with E-state index >= 15 is 0 Å². The monoisotopic (exact) mass is 324 g/mol. The van der Waals surface area contributed by atoms with Crippen LogP contribution in [0.2, 0.25) is 0 Å². The molecule has 0 radical (unpaired) electrons. The van der Waals surface area contributed by atoms with Crippen molar-refractivity contribution in [3.8, 4) is 0 Å². The maximum Gasteiger partial charge on any atom is 0.146 e. The molecule has 4 rings (SSSR count). The highest BCUT2D eigenvalue weighted by atomic mass is 19.1. The Morgan fingerprint density at radius 3 is 2.42 bits per heavy atom. The van der Waals surface area contributed by atoms with Gasteiger partial charge in [0.25, 0.3) is 0 Å². The molecule has 0 spiro atoms. The van der Waals surface area contributed by atoms with Crippen molar-refractivity contribution in [3.63, 3.8) is 0 Å². The van der Waals surface area contributed by atoms with E-state index < -0.39 is 0 Å². The molecule has 1 aliphatic heterocycles. The van der Waals surface area contributed by atoms with Gasteiger partial charge in [-0.25, -0.2) is 9.37 Å². The molecular weight excluding hydrogens is 303 g/mol. The van der Waals surface area contributed by atoms with Gasteiger partial charge in [0.05, 0.1) is 23.3 Å². The number of imidazole rings is 1. The summed E-state index contributed by atoms with van der Waals surface area (Å²) < 4.78 is 16.1. The van der Waals surface area contributed by atoms with Gasteiger partial charge in [-0.2, -0.15) is 0 Å². The van der Waals surface area contributed by atoms with Gasteiger partial charge in [0, 0.05) is 33.2 Å². The molecule has 0 amide bonds. The van der Waals surface area contributed by atoms with Crippen molar-refractivity contribution in [2.24, 2.45) is 7.05 Å². The van der Waals surface area contributed by atoms with Crippen LogP contribution in [0.15, 0.2) is 48.5 Å². The number of anilines is 1. The lowest BCUT2D eigenvalue weighted by Crippen LogP contribution is -2.46. The summed E-state index contributed by atoms with van der Waals surface area (Å²) in [4.78, 5) is 9.26. The van der Waals surface area contributed by atoms with E-state index in [2.05, 4.69) is 33.5 Å². The van der Waals surface area contributed by atoms with Crippen molar-refractivity contribution in [2.75, 3.05) is 31.1 Å². The number of para-hydroxylation sites is 3. The first kappa shape index (κ1) is 15.1. The van der Waals surface area contributed by atoms with Gasteiger partial charge in [-0.3, -0.25) is 4.90 Å². The molecule has 5 heteroatoms. The van der Waals surface area contributed by atoms with E-state index in [-0.39, 0.29) is 5.82 Å². The van der Waals surface area contributed by atoms with Crippen LogP contribution in [0.4, 0.5) is 10.1 Å². The molecule has 0 saturated carbocycles. The van der Waals surface area contributed by atoms with Gasteiger partial charge in [-0.05, 0) is 24.3 Å². The smallest absolute Gasteiger partial charge is 0.146 e. The Kier molecular flexibility index (Phi) is 3.94. The van der Waals surface area contributed by atoms with Gasteiger partial charge in [-0.15, -0.1) is 0 Å². The largest absolute Gasteiger partial charge is 0.367 e. The third-order valence-corrected chi connectivity index (χ3v) is 4.81. The zero-order valence-corrected chi connectivity index (χ0v) is 13.8. The highest BCUT2D eigenvalue weighted by Crippen LogP contribution is 2.21. The SMILES string of the molecule is Cn1c(CN2CCN(c3ccccc3F)CC2)nc2ccccc21. The Bertz CT molecular complexity index is 849. The van der Waals surface area contributed by atoms with Crippen molar-refractivity contribution >= 4 is 16.7 Å². The molecule has 0 bridgehead atoms. The molecule has 1 saturated heterocycles. The van der Waals surface area contributed by atoms with Crippen molar-refractivity contribution in [1.29, 1.82) is 0 Å². The summed E-state index contributed by atoms with van der Waals surface area (Å²) in [5.41, 5.74) is 2.91. The van der Waals surface area contributed by atoms with E-state index in [9.17, 15) is 4.39 Å². The summed E-state index contributed by atoms with van der Waals surface area (Å²) in [7, 11) is 2.07. The number of rotatable bonds is 3. The van der Waals surface area contributed by atoms with E-state index in [1.165, 1.54) is 6.07 Å². The normalized spacial score (nSPS) is 16.0. The van der Waals surface area contributed by atoms with Crippen LogP contribution in [-0.2, 0) is 13.6 Å². The average Bonchev–Trinajstić information content (AvgIpc) is 2.93. The van der Waals surface area contributed by atoms with E-state index in [1.54, 1.807) is 6.07 Å². The Morgan fingerprint density at radius 2 is 1.67 bits per heavy atom. The van der Waals surface area contributed by atoms with Gasteiger partial charge >= 0.3 is 0 Å². The number of fused-ring (bicyclic) bond motifs is 1. The molecule has 3 aromatic rings. The van der Waals surface area contributed by atoms with E-state index in [4.69, 9.17) is 4.98 Å². The lowest BCUT2D eigenvalue weighted by Gasteiger charge is -2.36. The summed E-state index contributed by atoms with van der Waals surface area (Å²) in [6, 6.07) is 15.2. The van der Waals surface area contributed by atoms with Crippen LogP contribution >= 0.6 is 0 Å². The predicted octanol–water partition coefficient (Wildman–Crippen LogP) is 3.03. The highest BCUT2D eigenvalue weighted by Gasteiger charge is 2.20. The number of aryl methyl sites for hydroxylation is 1. The quantitative estimate of drug-likeness (QED) is 0.740. The lowest BCUT2D eigenvalue weighted by atomic mass is 10.2. The summed E-state index contributed by atoms with van der Waals surface area (Å²) >= 11 is 0. The van der Waals surface area contributed by atoms with Crippen LogP contribution < -0.4 is 4.90 Å². The van der Waals surface area contributed by atoms with Gasteiger partial charge in [0.15, 0.2) is 0 Å². The molecule has 24 heavy (non-hydrogen) atoms. The Hall–Kier alpha value is -2.40. The minimum atomic E-state index is -0.138.